The van der Waals surface area contributed by atoms with Gasteiger partial charge in [-0.15, -0.1) is 0 Å². The molecule has 0 aromatic heterocycles. The van der Waals surface area contributed by atoms with Gasteiger partial charge in [-0.05, 0) is 137 Å². The highest BCUT2D eigenvalue weighted by atomic mass is 31.2. The fraction of sp³-hybridized carbons (Fsp3) is 0.966. The number of rotatable bonds is 23. The second-order valence-electron chi connectivity index (χ2n) is 19.1. The quantitative estimate of drug-likeness (QED) is 0.0428. The summed E-state index contributed by atoms with van der Waals surface area (Å²) in [5.41, 5.74) is 0.595. The SMILES string of the molecule is CO/N=C(\CO[Si](C)(C)C)[C@@H](O[Si](C)(C)C)[C@H](O[Si](C)(C)C)[C@H](O[Si](C)(C)C)[C@@H](COP(=O)(O[Si](C)(C)C)O[Si](C)(C)C)O[Si](C)(C)C. The number of hydrogen-bond acceptors (Lipinski definition) is 11. The molecule has 0 heterocycles. The summed E-state index contributed by atoms with van der Waals surface area (Å²) in [6.07, 6.45) is -2.72. The van der Waals surface area contributed by atoms with Crippen molar-refractivity contribution in [1.82, 2.24) is 0 Å². The predicted octanol–water partition coefficient (Wildman–Crippen LogP) is 9.55. The summed E-state index contributed by atoms with van der Waals surface area (Å²) >= 11 is 0. The maximum absolute atomic E-state index is 14.3. The molecule has 0 radical (unpaired) electrons. The molecule has 4 atom stereocenters. The first kappa shape index (κ1) is 48.9. The van der Waals surface area contributed by atoms with Crippen LogP contribution in [-0.2, 0) is 44.5 Å². The molecule has 0 amide bonds. The average Bonchev–Trinajstić information content (AvgIpc) is 2.74. The van der Waals surface area contributed by atoms with E-state index in [-0.39, 0.29) is 13.2 Å². The van der Waals surface area contributed by atoms with Crippen LogP contribution in [0, 0.1) is 0 Å². The molecule has 19 heteroatoms. The maximum Gasteiger partial charge on any atom is 0.455 e. The minimum atomic E-state index is -3.96. The molecule has 0 bridgehead atoms. The van der Waals surface area contributed by atoms with Crippen molar-refractivity contribution in [2.75, 3.05) is 20.3 Å². The zero-order chi connectivity index (χ0) is 38.4. The highest BCUT2D eigenvalue weighted by Crippen LogP contribution is 2.54. The molecule has 0 unspecified atom stereocenters. The first-order valence-corrected chi connectivity index (χ1v) is 42.4. The summed E-state index contributed by atoms with van der Waals surface area (Å²) < 4.78 is 67.5. The Hall–Kier alpha value is 0.898. The van der Waals surface area contributed by atoms with E-state index in [4.69, 9.17) is 39.9 Å². The van der Waals surface area contributed by atoms with E-state index in [1.807, 2.05) is 39.3 Å². The van der Waals surface area contributed by atoms with E-state index in [1.165, 1.54) is 7.11 Å². The molecular weight excluding hydrogens is 750 g/mol. The van der Waals surface area contributed by atoms with Crippen LogP contribution in [0.4, 0.5) is 0 Å². The monoisotopic (exact) mass is 823 g/mol. The van der Waals surface area contributed by atoms with Gasteiger partial charge in [0.2, 0.25) is 0 Å². The van der Waals surface area contributed by atoms with Crippen LogP contribution >= 0.6 is 7.82 Å². The molecule has 0 aliphatic rings. The molecule has 0 N–H and O–H groups in total. The standard InChI is InChI=1S/C29H74NO10PSi7/c1-32-30-25(23-34-42(2,3)4)27(36-44(8,9)10)29(38-46(14,15)16)28(37-45(11,12)13)26(35-43(5,6)7)24-33-41(31,39-47(17,18)19)40-48(20,21)22/h26-29H,23-24H2,1-22H3/b30-25+/t26-,27-,28-,29+/m1/s1. The Morgan fingerprint density at radius 2 is 0.938 bits per heavy atom. The molecule has 0 aromatic carbocycles. The van der Waals surface area contributed by atoms with E-state index >= 15 is 0 Å². The van der Waals surface area contributed by atoms with Crippen LogP contribution in [-0.4, -0.2) is 109 Å². The number of hydrogen-bond donors (Lipinski definition) is 0. The minimum absolute atomic E-state index is 0.0843. The second-order valence-corrected chi connectivity index (χ2v) is 52.5. The Balaban J connectivity index is 7.64. The zero-order valence-corrected chi connectivity index (χ0v) is 42.6. The minimum Gasteiger partial charge on any atom is -0.412 e. The number of phosphoric acid groups is 1. The van der Waals surface area contributed by atoms with Crippen molar-refractivity contribution < 1.29 is 44.5 Å². The summed E-state index contributed by atoms with van der Waals surface area (Å²) in [4.78, 5) is 5.42. The molecule has 0 fully saturated rings. The molecule has 0 aliphatic carbocycles. The largest absolute Gasteiger partial charge is 0.455 e. The zero-order valence-electron chi connectivity index (χ0n) is 34.7. The smallest absolute Gasteiger partial charge is 0.412 e. The Morgan fingerprint density at radius 1 is 0.542 bits per heavy atom. The van der Waals surface area contributed by atoms with Gasteiger partial charge in [-0.25, -0.2) is 4.57 Å². The van der Waals surface area contributed by atoms with Gasteiger partial charge in [0, 0.05) is 0 Å². The highest BCUT2D eigenvalue weighted by molar-refractivity contribution is 7.52. The van der Waals surface area contributed by atoms with Crippen molar-refractivity contribution in [1.29, 1.82) is 0 Å². The lowest BCUT2D eigenvalue weighted by Gasteiger charge is -2.45. The van der Waals surface area contributed by atoms with Gasteiger partial charge in [0.25, 0.3) is 0 Å². The molecule has 0 spiro atoms. The normalized spacial score (nSPS) is 17.7. The third-order valence-electron chi connectivity index (χ3n) is 5.31. The van der Waals surface area contributed by atoms with Crippen LogP contribution in [0.15, 0.2) is 5.16 Å². The van der Waals surface area contributed by atoms with Gasteiger partial charge >= 0.3 is 7.82 Å². The van der Waals surface area contributed by atoms with Crippen LogP contribution in [0.1, 0.15) is 0 Å². The van der Waals surface area contributed by atoms with E-state index in [0.29, 0.717) is 5.71 Å². The van der Waals surface area contributed by atoms with Gasteiger partial charge < -0.3 is 35.4 Å². The van der Waals surface area contributed by atoms with Crippen LogP contribution < -0.4 is 0 Å². The van der Waals surface area contributed by atoms with Crippen molar-refractivity contribution in [3.05, 3.63) is 0 Å². The summed E-state index contributed by atoms with van der Waals surface area (Å²) in [5, 5.41) is 4.50. The van der Waals surface area contributed by atoms with Gasteiger partial charge in [-0.1, -0.05) is 5.16 Å². The van der Waals surface area contributed by atoms with Crippen molar-refractivity contribution in [2.45, 2.75) is 162 Å². The topological polar surface area (TPSA) is 113 Å². The Labute approximate surface area is 302 Å². The maximum atomic E-state index is 14.3. The molecule has 48 heavy (non-hydrogen) atoms. The van der Waals surface area contributed by atoms with Gasteiger partial charge in [-0.3, -0.25) is 4.52 Å². The number of oxime groups is 1. The Bertz CT molecular complexity index is 1030. The lowest BCUT2D eigenvalue weighted by molar-refractivity contribution is -0.0757. The first-order valence-electron chi connectivity index (χ1n) is 17.0. The van der Waals surface area contributed by atoms with Crippen LogP contribution in [0.5, 0.6) is 0 Å². The summed E-state index contributed by atoms with van der Waals surface area (Å²) in [6.45, 7) is 44.0. The molecule has 0 aromatic rings. The average molecular weight is 824 g/mol. The Kier molecular flexibility index (Phi) is 18.6. The summed E-state index contributed by atoms with van der Waals surface area (Å²) in [6, 6.07) is 0. The summed E-state index contributed by atoms with van der Waals surface area (Å²) in [7, 11) is -18.2. The fourth-order valence-corrected chi connectivity index (χ4v) is 15.8. The van der Waals surface area contributed by atoms with E-state index in [2.05, 4.69) is 103 Å². The van der Waals surface area contributed by atoms with Crippen LogP contribution in [0.3, 0.4) is 0 Å². The second kappa shape index (κ2) is 18.3. The molecule has 11 nitrogen and oxygen atoms in total. The van der Waals surface area contributed by atoms with Gasteiger partial charge in [-0.2, -0.15) is 0 Å². The van der Waals surface area contributed by atoms with Crippen LogP contribution in [0.2, 0.25) is 137 Å². The first-order chi connectivity index (χ1) is 20.9. The molecular formula is C29H74NO10PSi7. The van der Waals surface area contributed by atoms with E-state index in [9.17, 15) is 4.57 Å². The molecule has 0 saturated carbocycles. The van der Waals surface area contributed by atoms with Crippen molar-refractivity contribution in [3.63, 3.8) is 0 Å². The lowest BCUT2D eigenvalue weighted by Crippen LogP contribution is -2.61. The van der Waals surface area contributed by atoms with Crippen molar-refractivity contribution in [3.8, 4) is 0 Å². The Morgan fingerprint density at radius 3 is 1.27 bits per heavy atom. The molecule has 0 aliphatic heterocycles. The van der Waals surface area contributed by atoms with Crippen molar-refractivity contribution >= 4 is 71.8 Å². The van der Waals surface area contributed by atoms with E-state index in [0.717, 1.165) is 0 Å². The lowest BCUT2D eigenvalue weighted by atomic mass is 10.0. The molecule has 288 valence electrons. The van der Waals surface area contributed by atoms with Gasteiger partial charge in [0.05, 0.1) is 25.4 Å². The molecule has 0 saturated heterocycles. The van der Waals surface area contributed by atoms with E-state index < -0.39 is 90.5 Å². The summed E-state index contributed by atoms with van der Waals surface area (Å²) in [5.74, 6) is 0. The molecule has 0 rings (SSSR count). The van der Waals surface area contributed by atoms with Gasteiger partial charge in [0.15, 0.2) is 58.2 Å². The fourth-order valence-electron chi connectivity index (χ4n) is 4.30. The third-order valence-corrected chi connectivity index (χ3v) is 16.9. The highest BCUT2D eigenvalue weighted by Gasteiger charge is 2.48. The van der Waals surface area contributed by atoms with E-state index in [1.54, 1.807) is 0 Å². The third kappa shape index (κ3) is 24.2. The van der Waals surface area contributed by atoms with Gasteiger partial charge in [0.1, 0.15) is 25.0 Å². The number of nitrogens with zero attached hydrogens (tertiary/aromatic N) is 1. The van der Waals surface area contributed by atoms with Crippen molar-refractivity contribution in [2.24, 2.45) is 5.16 Å². The predicted molar refractivity (Wildman–Crippen MR) is 219 cm³/mol. The van der Waals surface area contributed by atoms with Crippen LogP contribution in [0.25, 0.3) is 0 Å².